The summed E-state index contributed by atoms with van der Waals surface area (Å²) in [7, 11) is -3.67. The Morgan fingerprint density at radius 1 is 1.31 bits per heavy atom. The lowest BCUT2D eigenvalue weighted by atomic mass is 10.3. The van der Waals surface area contributed by atoms with E-state index in [2.05, 4.69) is 5.32 Å². The number of rotatable bonds is 5. The van der Waals surface area contributed by atoms with Crippen LogP contribution in [0.3, 0.4) is 0 Å². The average Bonchev–Trinajstić information content (AvgIpc) is 2.25. The summed E-state index contributed by atoms with van der Waals surface area (Å²) in [5.41, 5.74) is 0.639. The molecule has 1 rings (SSSR count). The van der Waals surface area contributed by atoms with Crippen LogP contribution in [0, 0.1) is 0 Å². The Labute approximate surface area is 93.8 Å². The molecular formula is C9H14N2O4S. The van der Waals surface area contributed by atoms with Crippen molar-refractivity contribution >= 4 is 15.7 Å². The topological polar surface area (TPSA) is 113 Å². The first-order chi connectivity index (χ1) is 7.43. The second-order valence-corrected chi connectivity index (χ2v) is 4.85. The highest BCUT2D eigenvalue weighted by atomic mass is 32.2. The van der Waals surface area contributed by atoms with Gasteiger partial charge in [0, 0.05) is 12.2 Å². The molecule has 0 bridgehead atoms. The maximum absolute atomic E-state index is 10.9. The van der Waals surface area contributed by atoms with E-state index in [1.165, 1.54) is 24.3 Å². The zero-order valence-corrected chi connectivity index (χ0v) is 9.31. The second kappa shape index (κ2) is 5.26. The highest BCUT2D eigenvalue weighted by Gasteiger charge is 2.07. The van der Waals surface area contributed by atoms with Crippen LogP contribution in [0.1, 0.15) is 0 Å². The van der Waals surface area contributed by atoms with Crippen molar-refractivity contribution < 1.29 is 18.6 Å². The number of aliphatic hydroxyl groups is 2. The molecule has 0 spiro atoms. The molecule has 0 radical (unpaired) electrons. The van der Waals surface area contributed by atoms with Gasteiger partial charge in [0.25, 0.3) is 0 Å². The van der Waals surface area contributed by atoms with Crippen LogP contribution in [0.15, 0.2) is 29.2 Å². The quantitative estimate of drug-likeness (QED) is 0.538. The molecule has 1 aromatic carbocycles. The van der Waals surface area contributed by atoms with E-state index in [0.29, 0.717) is 5.69 Å². The van der Waals surface area contributed by atoms with Crippen molar-refractivity contribution in [3.8, 4) is 0 Å². The van der Waals surface area contributed by atoms with Crippen LogP contribution < -0.4 is 10.5 Å². The third kappa shape index (κ3) is 3.78. The predicted molar refractivity (Wildman–Crippen MR) is 59.4 cm³/mol. The van der Waals surface area contributed by atoms with Crippen molar-refractivity contribution in [3.05, 3.63) is 24.3 Å². The summed E-state index contributed by atoms with van der Waals surface area (Å²) < 4.78 is 21.9. The Morgan fingerprint density at radius 3 is 2.31 bits per heavy atom. The number of benzene rings is 1. The SMILES string of the molecule is NS(=O)(=O)c1ccc(NCC(O)CO)cc1. The van der Waals surface area contributed by atoms with Crippen LogP contribution in [0.25, 0.3) is 0 Å². The van der Waals surface area contributed by atoms with Crippen molar-refractivity contribution in [2.75, 3.05) is 18.5 Å². The highest BCUT2D eigenvalue weighted by molar-refractivity contribution is 7.89. The minimum Gasteiger partial charge on any atom is -0.394 e. The maximum atomic E-state index is 10.9. The van der Waals surface area contributed by atoms with Crippen molar-refractivity contribution in [1.82, 2.24) is 0 Å². The van der Waals surface area contributed by atoms with Crippen LogP contribution in [-0.4, -0.2) is 37.9 Å². The minimum atomic E-state index is -3.67. The lowest BCUT2D eigenvalue weighted by Crippen LogP contribution is -2.22. The first kappa shape index (κ1) is 12.9. The van der Waals surface area contributed by atoms with Gasteiger partial charge in [-0.2, -0.15) is 0 Å². The summed E-state index contributed by atoms with van der Waals surface area (Å²) in [6.45, 7) is -0.145. The fraction of sp³-hybridized carbons (Fsp3) is 0.333. The van der Waals surface area contributed by atoms with Gasteiger partial charge in [-0.1, -0.05) is 0 Å². The molecule has 0 heterocycles. The molecule has 0 aliphatic carbocycles. The van der Waals surface area contributed by atoms with Crippen LogP contribution >= 0.6 is 0 Å². The van der Waals surface area contributed by atoms with Gasteiger partial charge in [0.1, 0.15) is 0 Å². The summed E-state index contributed by atoms with van der Waals surface area (Å²) in [6, 6.07) is 5.79. The fourth-order valence-corrected chi connectivity index (χ4v) is 1.58. The average molecular weight is 246 g/mol. The van der Waals surface area contributed by atoms with Gasteiger partial charge in [0.2, 0.25) is 10.0 Å². The van der Waals surface area contributed by atoms with Crippen molar-refractivity contribution in [1.29, 1.82) is 0 Å². The van der Waals surface area contributed by atoms with E-state index in [1.54, 1.807) is 0 Å². The summed E-state index contributed by atoms with van der Waals surface area (Å²) in [6.07, 6.45) is -0.849. The van der Waals surface area contributed by atoms with Crippen molar-refractivity contribution in [2.45, 2.75) is 11.0 Å². The van der Waals surface area contributed by atoms with Crippen molar-refractivity contribution in [2.24, 2.45) is 5.14 Å². The highest BCUT2D eigenvalue weighted by Crippen LogP contribution is 2.12. The van der Waals surface area contributed by atoms with E-state index in [1.807, 2.05) is 0 Å². The normalized spacial score (nSPS) is 13.4. The fourth-order valence-electron chi connectivity index (χ4n) is 1.06. The van der Waals surface area contributed by atoms with Crippen LogP contribution in [0.2, 0.25) is 0 Å². The second-order valence-electron chi connectivity index (χ2n) is 3.29. The molecule has 5 N–H and O–H groups in total. The van der Waals surface area contributed by atoms with Crippen molar-refractivity contribution in [3.63, 3.8) is 0 Å². The number of aliphatic hydroxyl groups excluding tert-OH is 2. The Balaban J connectivity index is 2.66. The van der Waals surface area contributed by atoms with Gasteiger partial charge in [-0.15, -0.1) is 0 Å². The lowest BCUT2D eigenvalue weighted by molar-refractivity contribution is 0.105. The van der Waals surface area contributed by atoms with Gasteiger partial charge in [-0.3, -0.25) is 0 Å². The van der Waals surface area contributed by atoms with Gasteiger partial charge < -0.3 is 15.5 Å². The van der Waals surface area contributed by atoms with Gasteiger partial charge in [0.15, 0.2) is 0 Å². The molecule has 0 saturated carbocycles. The molecule has 1 unspecified atom stereocenters. The Kier molecular flexibility index (Phi) is 4.25. The molecule has 0 aliphatic heterocycles. The molecule has 0 aromatic heterocycles. The molecule has 1 atom stereocenters. The lowest BCUT2D eigenvalue weighted by Gasteiger charge is -2.10. The Bertz CT molecular complexity index is 429. The summed E-state index contributed by atoms with van der Waals surface area (Å²) in [5, 5.41) is 25.4. The standard InChI is InChI=1S/C9H14N2O4S/c10-16(14,15)9-3-1-7(2-4-9)11-5-8(13)6-12/h1-4,8,11-13H,5-6H2,(H2,10,14,15). The van der Waals surface area contributed by atoms with Gasteiger partial charge >= 0.3 is 0 Å². The third-order valence-corrected chi connectivity index (χ3v) is 2.86. The Morgan fingerprint density at radius 2 is 1.88 bits per heavy atom. The first-order valence-electron chi connectivity index (χ1n) is 4.59. The molecule has 0 saturated heterocycles. The van der Waals surface area contributed by atoms with E-state index < -0.39 is 16.1 Å². The van der Waals surface area contributed by atoms with Crippen LogP contribution in [0.4, 0.5) is 5.69 Å². The molecule has 90 valence electrons. The van der Waals surface area contributed by atoms with E-state index in [-0.39, 0.29) is 18.0 Å². The molecule has 0 amide bonds. The van der Waals surface area contributed by atoms with Gasteiger partial charge in [-0.05, 0) is 24.3 Å². The maximum Gasteiger partial charge on any atom is 0.238 e. The predicted octanol–water partition coefficient (Wildman–Crippen LogP) is -0.901. The van der Waals surface area contributed by atoms with Crippen LogP contribution in [0.5, 0.6) is 0 Å². The number of primary sulfonamides is 1. The number of hydrogen-bond donors (Lipinski definition) is 4. The van der Waals surface area contributed by atoms with Crippen LogP contribution in [-0.2, 0) is 10.0 Å². The molecule has 1 aromatic rings. The Hall–Kier alpha value is -1.15. The van der Waals surface area contributed by atoms with E-state index in [4.69, 9.17) is 15.4 Å². The number of sulfonamides is 1. The minimum absolute atomic E-state index is 0.0285. The monoisotopic (exact) mass is 246 g/mol. The molecule has 16 heavy (non-hydrogen) atoms. The first-order valence-corrected chi connectivity index (χ1v) is 6.14. The number of anilines is 1. The smallest absolute Gasteiger partial charge is 0.238 e. The largest absolute Gasteiger partial charge is 0.394 e. The number of nitrogens with one attached hydrogen (secondary N) is 1. The summed E-state index contributed by atoms with van der Waals surface area (Å²) in [4.78, 5) is 0.0285. The van der Waals surface area contributed by atoms with E-state index in [9.17, 15) is 8.42 Å². The van der Waals surface area contributed by atoms with E-state index in [0.717, 1.165) is 0 Å². The molecule has 0 fully saturated rings. The number of nitrogens with two attached hydrogens (primary N) is 1. The summed E-state index contributed by atoms with van der Waals surface area (Å²) in [5.74, 6) is 0. The van der Waals surface area contributed by atoms with Gasteiger partial charge in [0.05, 0.1) is 17.6 Å². The zero-order chi connectivity index (χ0) is 12.2. The zero-order valence-electron chi connectivity index (χ0n) is 8.50. The van der Waals surface area contributed by atoms with Gasteiger partial charge in [-0.25, -0.2) is 13.6 Å². The van der Waals surface area contributed by atoms with E-state index >= 15 is 0 Å². The molecular weight excluding hydrogens is 232 g/mol. The third-order valence-electron chi connectivity index (χ3n) is 1.94. The summed E-state index contributed by atoms with van der Waals surface area (Å²) >= 11 is 0. The molecule has 7 heteroatoms. The number of hydrogen-bond acceptors (Lipinski definition) is 5. The molecule has 6 nitrogen and oxygen atoms in total. The molecule has 0 aliphatic rings.